The quantitative estimate of drug-likeness (QED) is 0.526. The van der Waals surface area contributed by atoms with Crippen LogP contribution in [-0.4, -0.2) is 18.1 Å². The molecule has 1 aliphatic rings. The summed E-state index contributed by atoms with van der Waals surface area (Å²) in [5.74, 6) is 3.73. The fraction of sp³-hybridized carbons (Fsp3) is 1.00. The minimum Gasteiger partial charge on any atom is -0.330 e. The number of unbranched alkanes of at least 4 members (excludes halogenated alkanes) is 1. The smallest absolute Gasteiger partial charge is 0.00735 e. The molecule has 1 saturated heterocycles. The molecular formula is C7H15NS2. The van der Waals surface area contributed by atoms with Crippen LogP contribution in [-0.2, 0) is 0 Å². The fourth-order valence-corrected chi connectivity index (χ4v) is 4.11. The van der Waals surface area contributed by atoms with Crippen LogP contribution in [0.3, 0.4) is 0 Å². The molecule has 1 fully saturated rings. The first-order chi connectivity index (χ1) is 4.93. The van der Waals surface area contributed by atoms with Gasteiger partial charge in [-0.25, -0.2) is 0 Å². The van der Waals surface area contributed by atoms with E-state index < -0.39 is 0 Å². The van der Waals surface area contributed by atoms with Crippen LogP contribution in [0.1, 0.15) is 19.3 Å². The molecule has 1 heterocycles. The predicted molar refractivity (Wildman–Crippen MR) is 51.3 cm³/mol. The molecule has 0 unspecified atom stereocenters. The summed E-state index contributed by atoms with van der Waals surface area (Å²) in [6, 6.07) is 0. The van der Waals surface area contributed by atoms with Gasteiger partial charge in [0.25, 0.3) is 0 Å². The molecule has 0 aromatic carbocycles. The largest absolute Gasteiger partial charge is 0.330 e. The lowest BCUT2D eigenvalue weighted by Gasteiger charge is -2.04. The van der Waals surface area contributed by atoms with Gasteiger partial charge in [-0.1, -0.05) is 28.0 Å². The van der Waals surface area contributed by atoms with Crippen molar-refractivity contribution in [2.75, 3.05) is 18.1 Å². The molecule has 10 heavy (non-hydrogen) atoms. The maximum absolute atomic E-state index is 5.40. The number of rotatable bonds is 4. The first-order valence-corrected chi connectivity index (χ1v) is 6.37. The summed E-state index contributed by atoms with van der Waals surface area (Å²) in [4.78, 5) is 0. The highest BCUT2D eigenvalue weighted by Gasteiger charge is 2.14. The Morgan fingerprint density at radius 3 is 2.50 bits per heavy atom. The van der Waals surface area contributed by atoms with Gasteiger partial charge in [0.2, 0.25) is 0 Å². The molecule has 2 N–H and O–H groups in total. The molecule has 0 radical (unpaired) electrons. The van der Waals surface area contributed by atoms with Gasteiger partial charge in [-0.15, -0.1) is 0 Å². The second-order valence-corrected chi connectivity index (χ2v) is 5.27. The van der Waals surface area contributed by atoms with Gasteiger partial charge in [0.1, 0.15) is 0 Å². The molecule has 0 spiro atoms. The molecule has 1 nitrogen and oxygen atoms in total. The maximum Gasteiger partial charge on any atom is 0.00735 e. The molecular weight excluding hydrogens is 162 g/mol. The van der Waals surface area contributed by atoms with E-state index in [-0.39, 0.29) is 0 Å². The zero-order valence-electron chi connectivity index (χ0n) is 6.21. The van der Waals surface area contributed by atoms with Crippen molar-refractivity contribution in [1.82, 2.24) is 0 Å². The molecule has 0 aromatic heterocycles. The molecule has 60 valence electrons. The second-order valence-electron chi connectivity index (χ2n) is 2.72. The zero-order chi connectivity index (χ0) is 7.23. The SMILES string of the molecule is NCCCCC1CSSC1. The van der Waals surface area contributed by atoms with E-state index in [0.717, 1.165) is 12.5 Å². The van der Waals surface area contributed by atoms with Gasteiger partial charge in [0.15, 0.2) is 0 Å². The van der Waals surface area contributed by atoms with Gasteiger partial charge < -0.3 is 5.73 Å². The first kappa shape index (κ1) is 8.75. The molecule has 1 aliphatic heterocycles. The minimum atomic E-state index is 0.868. The molecule has 0 atom stereocenters. The minimum absolute atomic E-state index is 0.868. The van der Waals surface area contributed by atoms with Gasteiger partial charge in [0, 0.05) is 11.5 Å². The zero-order valence-corrected chi connectivity index (χ0v) is 7.85. The Labute approximate surface area is 70.9 Å². The van der Waals surface area contributed by atoms with Crippen LogP contribution >= 0.6 is 21.6 Å². The van der Waals surface area contributed by atoms with Crippen molar-refractivity contribution >= 4 is 21.6 Å². The van der Waals surface area contributed by atoms with Crippen LogP contribution in [0.4, 0.5) is 0 Å². The van der Waals surface area contributed by atoms with E-state index in [1.54, 1.807) is 0 Å². The van der Waals surface area contributed by atoms with E-state index in [2.05, 4.69) is 0 Å². The van der Waals surface area contributed by atoms with Gasteiger partial charge in [-0.2, -0.15) is 0 Å². The summed E-state index contributed by atoms with van der Waals surface area (Å²) < 4.78 is 0. The highest BCUT2D eigenvalue weighted by molar-refractivity contribution is 8.77. The molecule has 1 rings (SSSR count). The van der Waals surface area contributed by atoms with Crippen LogP contribution < -0.4 is 5.73 Å². The maximum atomic E-state index is 5.40. The third-order valence-corrected chi connectivity index (χ3v) is 4.46. The Kier molecular flexibility index (Phi) is 4.66. The molecule has 0 amide bonds. The Balaban J connectivity index is 1.91. The monoisotopic (exact) mass is 177 g/mol. The number of nitrogens with two attached hydrogens (primary N) is 1. The lowest BCUT2D eigenvalue weighted by Crippen LogP contribution is -2.03. The summed E-state index contributed by atoms with van der Waals surface area (Å²) >= 11 is 0. The Bertz CT molecular complexity index is 81.7. The molecule has 0 saturated carbocycles. The van der Waals surface area contributed by atoms with Gasteiger partial charge in [-0.3, -0.25) is 0 Å². The van der Waals surface area contributed by atoms with Crippen molar-refractivity contribution in [1.29, 1.82) is 0 Å². The van der Waals surface area contributed by atoms with Gasteiger partial charge in [0.05, 0.1) is 0 Å². The van der Waals surface area contributed by atoms with Crippen LogP contribution in [0.15, 0.2) is 0 Å². The summed E-state index contributed by atoms with van der Waals surface area (Å²) in [5, 5.41) is 0. The average Bonchev–Trinajstić information content (AvgIpc) is 2.41. The van der Waals surface area contributed by atoms with E-state index in [1.165, 1.54) is 30.8 Å². The standard InChI is InChI=1S/C7H15NS2/c8-4-2-1-3-7-5-9-10-6-7/h7H,1-6,8H2. The summed E-state index contributed by atoms with van der Waals surface area (Å²) in [6.07, 6.45) is 3.95. The van der Waals surface area contributed by atoms with Crippen molar-refractivity contribution in [3.8, 4) is 0 Å². The lowest BCUT2D eigenvalue weighted by molar-refractivity contribution is 0.560. The Morgan fingerprint density at radius 1 is 1.20 bits per heavy atom. The summed E-state index contributed by atoms with van der Waals surface area (Å²) in [7, 11) is 4.05. The first-order valence-electron chi connectivity index (χ1n) is 3.88. The number of hydrogen-bond donors (Lipinski definition) is 1. The van der Waals surface area contributed by atoms with Crippen LogP contribution in [0.25, 0.3) is 0 Å². The summed E-state index contributed by atoms with van der Waals surface area (Å²) in [6.45, 7) is 0.868. The number of hydrogen-bond acceptors (Lipinski definition) is 3. The van der Waals surface area contributed by atoms with E-state index in [1.807, 2.05) is 21.6 Å². The third kappa shape index (κ3) is 3.17. The van der Waals surface area contributed by atoms with Crippen molar-refractivity contribution in [2.24, 2.45) is 11.7 Å². The van der Waals surface area contributed by atoms with E-state index in [4.69, 9.17) is 5.73 Å². The lowest BCUT2D eigenvalue weighted by atomic mass is 10.1. The second kappa shape index (κ2) is 5.33. The van der Waals surface area contributed by atoms with Gasteiger partial charge in [-0.05, 0) is 25.3 Å². The van der Waals surface area contributed by atoms with Crippen molar-refractivity contribution < 1.29 is 0 Å². The predicted octanol–water partition coefficient (Wildman–Crippen LogP) is 2.13. The Morgan fingerprint density at radius 2 is 1.90 bits per heavy atom. The summed E-state index contributed by atoms with van der Waals surface area (Å²) in [5.41, 5.74) is 5.40. The van der Waals surface area contributed by atoms with E-state index >= 15 is 0 Å². The van der Waals surface area contributed by atoms with Crippen molar-refractivity contribution in [3.05, 3.63) is 0 Å². The van der Waals surface area contributed by atoms with Crippen LogP contribution in [0.5, 0.6) is 0 Å². The van der Waals surface area contributed by atoms with Crippen molar-refractivity contribution in [2.45, 2.75) is 19.3 Å². The highest BCUT2D eigenvalue weighted by Crippen LogP contribution is 2.36. The normalized spacial score (nSPS) is 20.1. The van der Waals surface area contributed by atoms with E-state index in [0.29, 0.717) is 0 Å². The average molecular weight is 177 g/mol. The molecule has 0 aliphatic carbocycles. The van der Waals surface area contributed by atoms with Crippen LogP contribution in [0, 0.1) is 5.92 Å². The topological polar surface area (TPSA) is 26.0 Å². The molecule has 0 aromatic rings. The fourth-order valence-electron chi connectivity index (χ4n) is 1.08. The highest BCUT2D eigenvalue weighted by atomic mass is 33.1. The van der Waals surface area contributed by atoms with Crippen molar-refractivity contribution in [3.63, 3.8) is 0 Å². The molecule has 3 heteroatoms. The molecule has 0 bridgehead atoms. The Hall–Kier alpha value is 0.660. The van der Waals surface area contributed by atoms with Gasteiger partial charge >= 0.3 is 0 Å². The van der Waals surface area contributed by atoms with Crippen LogP contribution in [0.2, 0.25) is 0 Å². The van der Waals surface area contributed by atoms with E-state index in [9.17, 15) is 0 Å². The third-order valence-electron chi connectivity index (χ3n) is 1.76.